The molecule has 3 rings (SSSR count). The van der Waals surface area contributed by atoms with Gasteiger partial charge in [-0.2, -0.15) is 4.31 Å². The summed E-state index contributed by atoms with van der Waals surface area (Å²) in [4.78, 5) is 16.6. The van der Waals surface area contributed by atoms with Gasteiger partial charge in [-0.15, -0.1) is 0 Å². The van der Waals surface area contributed by atoms with E-state index in [1.54, 1.807) is 26.0 Å². The maximum absolute atomic E-state index is 12.6. The van der Waals surface area contributed by atoms with Crippen LogP contribution in [0.4, 0.5) is 0 Å². The largest absolute Gasteiger partial charge is 0.452 e. The van der Waals surface area contributed by atoms with Crippen LogP contribution in [-0.2, 0) is 21.4 Å². The van der Waals surface area contributed by atoms with Crippen molar-refractivity contribution >= 4 is 27.1 Å². The van der Waals surface area contributed by atoms with E-state index in [0.717, 1.165) is 0 Å². The SMILES string of the molecule is CCN(CC)S(=O)(=O)c1cccc(C(=O)OCc2nc3ccccc3o2)c1. The van der Waals surface area contributed by atoms with Crippen LogP contribution >= 0.6 is 0 Å². The standard InChI is InChI=1S/C19H20N2O5S/c1-3-21(4-2)27(23,24)15-9-7-8-14(12-15)19(22)25-13-18-20-16-10-5-6-11-17(16)26-18/h5-12H,3-4,13H2,1-2H3. The highest BCUT2D eigenvalue weighted by Gasteiger charge is 2.23. The number of sulfonamides is 1. The molecule has 0 aliphatic heterocycles. The number of rotatable bonds is 7. The Balaban J connectivity index is 1.75. The highest BCUT2D eigenvalue weighted by atomic mass is 32.2. The number of aromatic nitrogens is 1. The fourth-order valence-electron chi connectivity index (χ4n) is 2.69. The van der Waals surface area contributed by atoms with Crippen LogP contribution in [0.1, 0.15) is 30.1 Å². The number of carbonyl (C=O) groups is 1. The van der Waals surface area contributed by atoms with E-state index in [2.05, 4.69) is 4.98 Å². The van der Waals surface area contributed by atoms with E-state index in [9.17, 15) is 13.2 Å². The smallest absolute Gasteiger partial charge is 0.338 e. The van der Waals surface area contributed by atoms with Gasteiger partial charge in [0.15, 0.2) is 12.2 Å². The van der Waals surface area contributed by atoms with Gasteiger partial charge in [0.25, 0.3) is 0 Å². The Morgan fingerprint density at radius 1 is 1.11 bits per heavy atom. The minimum Gasteiger partial charge on any atom is -0.452 e. The molecular weight excluding hydrogens is 368 g/mol. The second-order valence-electron chi connectivity index (χ2n) is 5.77. The summed E-state index contributed by atoms with van der Waals surface area (Å²) >= 11 is 0. The molecule has 0 radical (unpaired) electrons. The lowest BCUT2D eigenvalue weighted by Gasteiger charge is -2.18. The quantitative estimate of drug-likeness (QED) is 0.577. The van der Waals surface area contributed by atoms with Crippen molar-refractivity contribution in [3.8, 4) is 0 Å². The molecular formula is C19H20N2O5S. The predicted octanol–water partition coefficient (Wildman–Crippen LogP) is 3.22. The molecule has 2 aromatic carbocycles. The Labute approximate surface area is 157 Å². The molecule has 0 spiro atoms. The van der Waals surface area contributed by atoms with Crippen LogP contribution in [0.25, 0.3) is 11.1 Å². The molecule has 7 nitrogen and oxygen atoms in total. The van der Waals surface area contributed by atoms with Crippen molar-refractivity contribution in [2.75, 3.05) is 13.1 Å². The van der Waals surface area contributed by atoms with Crippen molar-refractivity contribution < 1.29 is 22.4 Å². The van der Waals surface area contributed by atoms with Gasteiger partial charge < -0.3 is 9.15 Å². The Morgan fingerprint density at radius 3 is 2.56 bits per heavy atom. The summed E-state index contributed by atoms with van der Waals surface area (Å²) in [5.74, 6) is -0.370. The van der Waals surface area contributed by atoms with Gasteiger partial charge in [0.1, 0.15) is 5.52 Å². The highest BCUT2D eigenvalue weighted by Crippen LogP contribution is 2.19. The minimum absolute atomic E-state index is 0.0579. The summed E-state index contributed by atoms with van der Waals surface area (Å²) in [6, 6.07) is 13.0. The number of esters is 1. The summed E-state index contributed by atoms with van der Waals surface area (Å²) in [6.07, 6.45) is 0. The van der Waals surface area contributed by atoms with Crippen LogP contribution in [0.5, 0.6) is 0 Å². The van der Waals surface area contributed by atoms with E-state index >= 15 is 0 Å². The molecule has 0 N–H and O–H groups in total. The summed E-state index contributed by atoms with van der Waals surface area (Å²) < 4.78 is 37.2. The highest BCUT2D eigenvalue weighted by molar-refractivity contribution is 7.89. The third-order valence-electron chi connectivity index (χ3n) is 4.08. The molecule has 3 aromatic rings. The number of hydrogen-bond acceptors (Lipinski definition) is 6. The Hall–Kier alpha value is -2.71. The molecule has 1 heterocycles. The lowest BCUT2D eigenvalue weighted by molar-refractivity contribution is 0.0440. The fraction of sp³-hybridized carbons (Fsp3) is 0.263. The first-order valence-electron chi connectivity index (χ1n) is 8.57. The molecule has 142 valence electrons. The summed E-state index contributed by atoms with van der Waals surface area (Å²) in [6.45, 7) is 4.09. The van der Waals surface area contributed by atoms with Crippen molar-refractivity contribution in [3.05, 3.63) is 60.0 Å². The molecule has 27 heavy (non-hydrogen) atoms. The maximum atomic E-state index is 12.6. The fourth-order valence-corrected chi connectivity index (χ4v) is 4.19. The number of para-hydroxylation sites is 2. The Bertz CT molecular complexity index is 1020. The minimum atomic E-state index is -3.65. The first kappa shape index (κ1) is 19.1. The van der Waals surface area contributed by atoms with Crippen LogP contribution in [0, 0.1) is 0 Å². The monoisotopic (exact) mass is 388 g/mol. The van der Waals surface area contributed by atoms with Crippen LogP contribution in [-0.4, -0.2) is 36.8 Å². The molecule has 0 saturated heterocycles. The van der Waals surface area contributed by atoms with Gasteiger partial charge in [-0.3, -0.25) is 0 Å². The molecule has 8 heteroatoms. The number of fused-ring (bicyclic) bond motifs is 1. The second-order valence-corrected chi connectivity index (χ2v) is 7.71. The number of oxazole rings is 1. The van der Waals surface area contributed by atoms with Gasteiger partial charge in [0, 0.05) is 13.1 Å². The van der Waals surface area contributed by atoms with E-state index in [1.165, 1.54) is 28.6 Å². The van der Waals surface area contributed by atoms with Crippen molar-refractivity contribution in [3.63, 3.8) is 0 Å². The van der Waals surface area contributed by atoms with Gasteiger partial charge in [-0.1, -0.05) is 32.0 Å². The molecule has 0 saturated carbocycles. The molecule has 0 atom stereocenters. The average Bonchev–Trinajstić information content (AvgIpc) is 3.10. The summed E-state index contributed by atoms with van der Waals surface area (Å²) in [5.41, 5.74) is 1.44. The number of benzene rings is 2. The normalized spacial score (nSPS) is 11.8. The van der Waals surface area contributed by atoms with Gasteiger partial charge in [0.05, 0.1) is 10.5 Å². The number of nitrogens with zero attached hydrogens (tertiary/aromatic N) is 2. The maximum Gasteiger partial charge on any atom is 0.338 e. The number of ether oxygens (including phenoxy) is 1. The van der Waals surface area contributed by atoms with E-state index in [1.807, 2.05) is 12.1 Å². The van der Waals surface area contributed by atoms with Crippen molar-refractivity contribution in [1.29, 1.82) is 0 Å². The topological polar surface area (TPSA) is 89.7 Å². The van der Waals surface area contributed by atoms with Gasteiger partial charge in [-0.05, 0) is 30.3 Å². The van der Waals surface area contributed by atoms with Crippen molar-refractivity contribution in [2.45, 2.75) is 25.3 Å². The molecule has 0 unspecified atom stereocenters. The zero-order chi connectivity index (χ0) is 19.4. The van der Waals surface area contributed by atoms with Crippen LogP contribution < -0.4 is 0 Å². The van der Waals surface area contributed by atoms with Gasteiger partial charge in [-0.25, -0.2) is 18.2 Å². The molecule has 1 aromatic heterocycles. The lowest BCUT2D eigenvalue weighted by Crippen LogP contribution is -2.30. The zero-order valence-electron chi connectivity index (χ0n) is 15.1. The first-order chi connectivity index (χ1) is 13.0. The van der Waals surface area contributed by atoms with E-state index in [-0.39, 0.29) is 23.0 Å². The van der Waals surface area contributed by atoms with E-state index < -0.39 is 16.0 Å². The second kappa shape index (κ2) is 7.89. The molecule has 0 fully saturated rings. The lowest BCUT2D eigenvalue weighted by atomic mass is 10.2. The van der Waals surface area contributed by atoms with Gasteiger partial charge >= 0.3 is 5.97 Å². The third-order valence-corrected chi connectivity index (χ3v) is 6.12. The summed E-state index contributed by atoms with van der Waals surface area (Å²) in [7, 11) is -3.65. The number of hydrogen-bond donors (Lipinski definition) is 0. The molecule has 0 bridgehead atoms. The third kappa shape index (κ3) is 4.01. The van der Waals surface area contributed by atoms with Gasteiger partial charge in [0.2, 0.25) is 15.9 Å². The molecule has 0 amide bonds. The first-order valence-corrected chi connectivity index (χ1v) is 10.0. The van der Waals surface area contributed by atoms with Crippen LogP contribution in [0.3, 0.4) is 0 Å². The Kier molecular flexibility index (Phi) is 5.57. The van der Waals surface area contributed by atoms with E-state index in [4.69, 9.17) is 9.15 Å². The molecule has 0 aliphatic carbocycles. The van der Waals surface area contributed by atoms with Crippen LogP contribution in [0.2, 0.25) is 0 Å². The predicted molar refractivity (Wildman–Crippen MR) is 99.7 cm³/mol. The van der Waals surface area contributed by atoms with Crippen LogP contribution in [0.15, 0.2) is 57.8 Å². The number of carbonyl (C=O) groups excluding carboxylic acids is 1. The Morgan fingerprint density at radius 2 is 1.85 bits per heavy atom. The average molecular weight is 388 g/mol. The summed E-state index contributed by atoms with van der Waals surface area (Å²) in [5, 5.41) is 0. The van der Waals surface area contributed by atoms with Crippen molar-refractivity contribution in [2.24, 2.45) is 0 Å². The zero-order valence-corrected chi connectivity index (χ0v) is 15.9. The molecule has 0 aliphatic rings. The van der Waals surface area contributed by atoms with Crippen molar-refractivity contribution in [1.82, 2.24) is 9.29 Å². The van der Waals surface area contributed by atoms with E-state index in [0.29, 0.717) is 24.2 Å².